The van der Waals surface area contributed by atoms with Crippen molar-refractivity contribution in [1.82, 2.24) is 9.88 Å². The minimum atomic E-state index is 0.118. The average Bonchev–Trinajstić information content (AvgIpc) is 2.70. The highest BCUT2D eigenvalue weighted by molar-refractivity contribution is 5.77. The predicted molar refractivity (Wildman–Crippen MR) is 119 cm³/mol. The number of amides is 1. The molecule has 1 aromatic carbocycles. The van der Waals surface area contributed by atoms with Crippen LogP contribution >= 0.6 is 0 Å². The molecule has 1 amide bonds. The van der Waals surface area contributed by atoms with Crippen molar-refractivity contribution in [3.8, 4) is 11.5 Å². The fraction of sp³-hybridized carbons (Fsp3) is 0.520. The van der Waals surface area contributed by atoms with E-state index in [1.54, 1.807) is 7.11 Å². The van der Waals surface area contributed by atoms with E-state index in [2.05, 4.69) is 49.7 Å². The normalized spacial score (nSPS) is 16.0. The molecule has 2 heterocycles. The number of aryl methyl sites for hydroxylation is 1. The molecule has 0 N–H and O–H groups in total. The molecule has 0 spiro atoms. The lowest BCUT2D eigenvalue weighted by atomic mass is 9.85. The van der Waals surface area contributed by atoms with Crippen molar-refractivity contribution in [2.24, 2.45) is 11.8 Å². The lowest BCUT2D eigenvalue weighted by Crippen LogP contribution is -2.42. The Morgan fingerprint density at radius 2 is 1.97 bits per heavy atom. The Morgan fingerprint density at radius 3 is 2.63 bits per heavy atom. The number of fused-ring (bicyclic) bond motifs is 1. The molecule has 2 aromatic rings. The molecule has 5 nitrogen and oxygen atoms in total. The zero-order valence-electron chi connectivity index (χ0n) is 19.1. The summed E-state index contributed by atoms with van der Waals surface area (Å²) >= 11 is 0. The number of hydrogen-bond acceptors (Lipinski definition) is 4. The first-order chi connectivity index (χ1) is 14.3. The maximum Gasteiger partial charge on any atom is 0.223 e. The largest absolute Gasteiger partial charge is 0.495 e. The molecule has 1 atom stereocenters. The molecule has 0 saturated carbocycles. The number of rotatable bonds is 7. The number of carbonyl (C=O) groups is 1. The lowest BCUT2D eigenvalue weighted by Gasteiger charge is -2.40. The van der Waals surface area contributed by atoms with Crippen LogP contribution in [-0.2, 0) is 17.8 Å². The van der Waals surface area contributed by atoms with E-state index in [-0.39, 0.29) is 11.9 Å². The van der Waals surface area contributed by atoms with Gasteiger partial charge in [-0.1, -0.05) is 33.8 Å². The van der Waals surface area contributed by atoms with E-state index in [1.807, 2.05) is 25.1 Å². The van der Waals surface area contributed by atoms with Crippen LogP contribution in [0, 0.1) is 18.8 Å². The number of nitrogens with zero attached hydrogens (tertiary/aromatic N) is 2. The van der Waals surface area contributed by atoms with Crippen molar-refractivity contribution in [3.63, 3.8) is 0 Å². The summed E-state index contributed by atoms with van der Waals surface area (Å²) in [4.78, 5) is 19.4. The van der Waals surface area contributed by atoms with Gasteiger partial charge in [0.2, 0.25) is 5.91 Å². The molecule has 30 heavy (non-hydrogen) atoms. The van der Waals surface area contributed by atoms with E-state index < -0.39 is 0 Å². The Labute approximate surface area is 180 Å². The van der Waals surface area contributed by atoms with Crippen LogP contribution < -0.4 is 9.47 Å². The number of aromatic nitrogens is 1. The second-order valence-corrected chi connectivity index (χ2v) is 8.87. The van der Waals surface area contributed by atoms with Crippen molar-refractivity contribution in [3.05, 3.63) is 52.8 Å². The third kappa shape index (κ3) is 4.94. The molecule has 1 aromatic heterocycles. The molecule has 0 aliphatic carbocycles. The van der Waals surface area contributed by atoms with Gasteiger partial charge in [0, 0.05) is 18.7 Å². The van der Waals surface area contributed by atoms with E-state index in [0.29, 0.717) is 24.9 Å². The van der Waals surface area contributed by atoms with E-state index in [0.717, 1.165) is 35.9 Å². The predicted octanol–water partition coefficient (Wildman–Crippen LogP) is 5.11. The van der Waals surface area contributed by atoms with Crippen LogP contribution in [0.4, 0.5) is 0 Å². The summed E-state index contributed by atoms with van der Waals surface area (Å²) in [6, 6.07) is 10.2. The maximum absolute atomic E-state index is 12.8. The van der Waals surface area contributed by atoms with E-state index in [4.69, 9.17) is 9.47 Å². The summed E-state index contributed by atoms with van der Waals surface area (Å²) in [5.41, 5.74) is 4.24. The highest BCUT2D eigenvalue weighted by Crippen LogP contribution is 2.37. The molecule has 3 rings (SSSR count). The second kappa shape index (κ2) is 9.50. The van der Waals surface area contributed by atoms with Crippen molar-refractivity contribution < 1.29 is 14.3 Å². The van der Waals surface area contributed by atoms with Crippen LogP contribution in [0.3, 0.4) is 0 Å². The number of carbonyl (C=O) groups excluding carboxylic acids is 1. The lowest BCUT2D eigenvalue weighted by molar-refractivity contribution is -0.136. The van der Waals surface area contributed by atoms with Gasteiger partial charge >= 0.3 is 0 Å². The Balaban J connectivity index is 1.79. The third-order valence-corrected chi connectivity index (χ3v) is 5.59. The van der Waals surface area contributed by atoms with Crippen molar-refractivity contribution >= 4 is 5.91 Å². The van der Waals surface area contributed by atoms with Gasteiger partial charge in [-0.15, -0.1) is 0 Å². The first kappa shape index (κ1) is 22.1. The van der Waals surface area contributed by atoms with Gasteiger partial charge in [0.1, 0.15) is 23.8 Å². The SMILES string of the molecule is COc1ccc(C)nc1COc1ccc2c(c1)CCN(C(=O)CC(C)C)[C@H]2C(C)C. The summed E-state index contributed by atoms with van der Waals surface area (Å²) < 4.78 is 11.5. The zero-order chi connectivity index (χ0) is 21.8. The second-order valence-electron chi connectivity index (χ2n) is 8.87. The number of benzene rings is 1. The van der Waals surface area contributed by atoms with Gasteiger partial charge in [-0.25, -0.2) is 0 Å². The van der Waals surface area contributed by atoms with Gasteiger partial charge in [-0.05, 0) is 60.6 Å². The highest BCUT2D eigenvalue weighted by Gasteiger charge is 2.33. The standard InChI is InChI=1S/C25H34N2O3/c1-16(2)13-24(28)27-12-11-19-14-20(8-9-21(19)25(27)17(3)4)30-15-22-23(29-6)10-7-18(5)26-22/h7-10,14,16-17,25H,11-13,15H2,1-6H3/t25-/m0/s1. The van der Waals surface area contributed by atoms with E-state index in [9.17, 15) is 4.79 Å². The van der Waals surface area contributed by atoms with Gasteiger partial charge in [0.15, 0.2) is 0 Å². The molecule has 0 radical (unpaired) electrons. The average molecular weight is 411 g/mol. The molecule has 0 fully saturated rings. The fourth-order valence-electron chi connectivity index (χ4n) is 4.23. The molecule has 0 bridgehead atoms. The van der Waals surface area contributed by atoms with Crippen LogP contribution in [0.2, 0.25) is 0 Å². The monoisotopic (exact) mass is 410 g/mol. The Morgan fingerprint density at radius 1 is 1.20 bits per heavy atom. The maximum atomic E-state index is 12.8. The van der Waals surface area contributed by atoms with Gasteiger partial charge < -0.3 is 14.4 Å². The van der Waals surface area contributed by atoms with Crippen LogP contribution in [-0.4, -0.2) is 29.4 Å². The van der Waals surface area contributed by atoms with Gasteiger partial charge in [0.25, 0.3) is 0 Å². The smallest absolute Gasteiger partial charge is 0.223 e. The minimum Gasteiger partial charge on any atom is -0.495 e. The number of methoxy groups -OCH3 is 1. The molecular formula is C25H34N2O3. The van der Waals surface area contributed by atoms with Gasteiger partial charge in [0.05, 0.1) is 13.2 Å². The van der Waals surface area contributed by atoms with Crippen LogP contribution in [0.5, 0.6) is 11.5 Å². The number of pyridine rings is 1. The fourth-order valence-corrected chi connectivity index (χ4v) is 4.23. The van der Waals surface area contributed by atoms with E-state index in [1.165, 1.54) is 11.1 Å². The summed E-state index contributed by atoms with van der Waals surface area (Å²) in [6.07, 6.45) is 1.46. The highest BCUT2D eigenvalue weighted by atomic mass is 16.5. The van der Waals surface area contributed by atoms with Crippen molar-refractivity contribution in [2.45, 2.75) is 60.1 Å². The number of hydrogen-bond donors (Lipinski definition) is 0. The summed E-state index contributed by atoms with van der Waals surface area (Å²) in [5.74, 6) is 2.54. The van der Waals surface area contributed by atoms with Gasteiger partial charge in [-0.3, -0.25) is 9.78 Å². The summed E-state index contributed by atoms with van der Waals surface area (Å²) in [6.45, 7) is 11.7. The molecule has 0 saturated heterocycles. The minimum absolute atomic E-state index is 0.118. The molecular weight excluding hydrogens is 376 g/mol. The third-order valence-electron chi connectivity index (χ3n) is 5.59. The quantitative estimate of drug-likeness (QED) is 0.637. The molecule has 5 heteroatoms. The Hall–Kier alpha value is -2.56. The Kier molecular flexibility index (Phi) is 7.01. The van der Waals surface area contributed by atoms with Crippen LogP contribution in [0.25, 0.3) is 0 Å². The first-order valence-corrected chi connectivity index (χ1v) is 10.9. The van der Waals surface area contributed by atoms with Gasteiger partial charge in [-0.2, -0.15) is 0 Å². The molecule has 162 valence electrons. The summed E-state index contributed by atoms with van der Waals surface area (Å²) in [5, 5.41) is 0. The first-order valence-electron chi connectivity index (χ1n) is 10.9. The molecule has 1 aliphatic heterocycles. The topological polar surface area (TPSA) is 51.7 Å². The molecule has 0 unspecified atom stereocenters. The summed E-state index contributed by atoms with van der Waals surface area (Å²) in [7, 11) is 1.65. The van der Waals surface area contributed by atoms with Crippen molar-refractivity contribution in [2.75, 3.05) is 13.7 Å². The number of ether oxygens (including phenoxy) is 2. The zero-order valence-corrected chi connectivity index (χ0v) is 19.1. The van der Waals surface area contributed by atoms with E-state index >= 15 is 0 Å². The van der Waals surface area contributed by atoms with Crippen molar-refractivity contribution in [1.29, 1.82) is 0 Å². The van der Waals surface area contributed by atoms with Crippen LogP contribution in [0.15, 0.2) is 30.3 Å². The molecule has 1 aliphatic rings. The van der Waals surface area contributed by atoms with Crippen LogP contribution in [0.1, 0.15) is 62.7 Å². The Bertz CT molecular complexity index is 892.